The van der Waals surface area contributed by atoms with E-state index in [4.69, 9.17) is 11.6 Å². The van der Waals surface area contributed by atoms with Crippen molar-refractivity contribution in [3.63, 3.8) is 0 Å². The molecule has 0 aliphatic heterocycles. The third-order valence-electron chi connectivity index (χ3n) is 2.16. The molecule has 0 saturated heterocycles. The van der Waals surface area contributed by atoms with E-state index in [0.29, 0.717) is 5.82 Å². The van der Waals surface area contributed by atoms with Gasteiger partial charge in [0.2, 0.25) is 5.28 Å². The van der Waals surface area contributed by atoms with E-state index in [1.807, 2.05) is 19.3 Å². The molecule has 0 amide bonds. The van der Waals surface area contributed by atoms with Gasteiger partial charge >= 0.3 is 0 Å². The minimum absolute atomic E-state index is 0.230. The maximum Gasteiger partial charge on any atom is 0.224 e. The molecule has 5 nitrogen and oxygen atoms in total. The average Bonchev–Trinajstić information content (AvgIpc) is 2.69. The molecule has 0 spiro atoms. The summed E-state index contributed by atoms with van der Waals surface area (Å²) in [5.74, 6) is 0.695. The van der Waals surface area contributed by atoms with Gasteiger partial charge in [-0.2, -0.15) is 10.1 Å². The van der Waals surface area contributed by atoms with Crippen molar-refractivity contribution in [1.29, 1.82) is 0 Å². The Hall–Kier alpha value is -1.14. The number of anilines is 1. The van der Waals surface area contributed by atoms with Crippen molar-refractivity contribution in [1.82, 2.24) is 19.7 Å². The first kappa shape index (κ1) is 12.3. The zero-order valence-corrected chi connectivity index (χ0v) is 11.5. The highest BCUT2D eigenvalue weighted by Crippen LogP contribution is 2.19. The van der Waals surface area contributed by atoms with Crippen LogP contribution in [0.1, 0.15) is 5.69 Å². The molecule has 1 N–H and O–H groups in total. The third-order valence-corrected chi connectivity index (χ3v) is 2.92. The van der Waals surface area contributed by atoms with Gasteiger partial charge in [0.25, 0.3) is 0 Å². The van der Waals surface area contributed by atoms with Crippen LogP contribution in [0.4, 0.5) is 5.82 Å². The number of nitrogens with one attached hydrogen (secondary N) is 1. The summed E-state index contributed by atoms with van der Waals surface area (Å²) in [5.41, 5.74) is 1.04. The van der Waals surface area contributed by atoms with E-state index < -0.39 is 0 Å². The minimum atomic E-state index is 0.230. The summed E-state index contributed by atoms with van der Waals surface area (Å²) in [4.78, 5) is 7.94. The molecule has 0 aliphatic rings. The molecule has 0 atom stereocenters. The molecule has 2 heterocycles. The molecule has 2 aromatic rings. The van der Waals surface area contributed by atoms with Crippen LogP contribution >= 0.6 is 27.5 Å². The van der Waals surface area contributed by atoms with Crippen LogP contribution in [0.25, 0.3) is 0 Å². The number of rotatable bonds is 4. The van der Waals surface area contributed by atoms with Crippen molar-refractivity contribution in [2.45, 2.75) is 6.42 Å². The highest BCUT2D eigenvalue weighted by Gasteiger charge is 2.03. The van der Waals surface area contributed by atoms with E-state index >= 15 is 0 Å². The van der Waals surface area contributed by atoms with Gasteiger partial charge in [-0.1, -0.05) is 0 Å². The number of aromatic nitrogens is 4. The summed E-state index contributed by atoms with van der Waals surface area (Å²) in [5, 5.41) is 7.70. The molecule has 0 radical (unpaired) electrons. The average molecular weight is 317 g/mol. The zero-order chi connectivity index (χ0) is 12.3. The molecule has 17 heavy (non-hydrogen) atoms. The van der Waals surface area contributed by atoms with E-state index in [-0.39, 0.29) is 5.28 Å². The summed E-state index contributed by atoms with van der Waals surface area (Å²) in [6.45, 7) is 0.739. The van der Waals surface area contributed by atoms with Crippen molar-refractivity contribution >= 4 is 33.3 Å². The van der Waals surface area contributed by atoms with E-state index in [2.05, 4.69) is 36.3 Å². The van der Waals surface area contributed by atoms with Gasteiger partial charge in [0.15, 0.2) is 0 Å². The Kier molecular flexibility index (Phi) is 3.96. The fraction of sp³-hybridized carbons (Fsp3) is 0.300. The van der Waals surface area contributed by atoms with Crippen molar-refractivity contribution in [3.8, 4) is 0 Å². The predicted octanol–water partition coefficient (Wildman–Crippen LogP) is 2.28. The maximum atomic E-state index is 5.72. The summed E-state index contributed by atoms with van der Waals surface area (Å²) >= 11 is 9.07. The lowest BCUT2D eigenvalue weighted by Gasteiger charge is -2.06. The fourth-order valence-electron chi connectivity index (χ4n) is 1.38. The molecular weight excluding hydrogens is 306 g/mol. The van der Waals surface area contributed by atoms with Gasteiger partial charge in [0.05, 0.1) is 10.2 Å². The smallest absolute Gasteiger partial charge is 0.224 e. The van der Waals surface area contributed by atoms with Crippen LogP contribution in [0.3, 0.4) is 0 Å². The number of hydrogen-bond donors (Lipinski definition) is 1. The van der Waals surface area contributed by atoms with Gasteiger partial charge in [-0.3, -0.25) is 4.68 Å². The van der Waals surface area contributed by atoms with Crippen LogP contribution < -0.4 is 5.32 Å². The van der Waals surface area contributed by atoms with Gasteiger partial charge in [-0.05, 0) is 33.6 Å². The van der Waals surface area contributed by atoms with E-state index in [1.54, 1.807) is 10.9 Å². The van der Waals surface area contributed by atoms with Gasteiger partial charge < -0.3 is 5.32 Å². The monoisotopic (exact) mass is 315 g/mol. The third kappa shape index (κ3) is 3.41. The summed E-state index contributed by atoms with van der Waals surface area (Å²) in [6.07, 6.45) is 4.38. The van der Waals surface area contributed by atoms with Crippen LogP contribution in [-0.4, -0.2) is 26.3 Å². The lowest BCUT2D eigenvalue weighted by Crippen LogP contribution is -2.08. The maximum absolute atomic E-state index is 5.72. The Morgan fingerprint density at radius 2 is 2.35 bits per heavy atom. The lowest BCUT2D eigenvalue weighted by atomic mass is 10.3. The molecule has 0 saturated carbocycles. The van der Waals surface area contributed by atoms with E-state index in [9.17, 15) is 0 Å². The second-order valence-electron chi connectivity index (χ2n) is 3.49. The first-order valence-corrected chi connectivity index (χ1v) is 6.22. The van der Waals surface area contributed by atoms with E-state index in [0.717, 1.165) is 23.1 Å². The molecule has 90 valence electrons. The second kappa shape index (κ2) is 5.46. The van der Waals surface area contributed by atoms with Crippen molar-refractivity contribution in [2.75, 3.05) is 11.9 Å². The van der Waals surface area contributed by atoms with Crippen LogP contribution in [0.15, 0.2) is 22.9 Å². The largest absolute Gasteiger partial charge is 0.369 e. The lowest BCUT2D eigenvalue weighted by molar-refractivity contribution is 0.742. The predicted molar refractivity (Wildman–Crippen MR) is 70.1 cm³/mol. The summed E-state index contributed by atoms with van der Waals surface area (Å²) in [7, 11) is 1.90. The summed E-state index contributed by atoms with van der Waals surface area (Å²) in [6, 6.07) is 1.99. The molecule has 0 bridgehead atoms. The van der Waals surface area contributed by atoms with E-state index in [1.165, 1.54) is 0 Å². The topological polar surface area (TPSA) is 55.6 Å². The van der Waals surface area contributed by atoms with Crippen LogP contribution in [0.5, 0.6) is 0 Å². The summed E-state index contributed by atoms with van der Waals surface area (Å²) < 4.78 is 2.58. The second-order valence-corrected chi connectivity index (χ2v) is 4.69. The molecule has 7 heteroatoms. The first-order valence-electron chi connectivity index (χ1n) is 5.05. The molecular formula is C10H11BrClN5. The van der Waals surface area contributed by atoms with Crippen molar-refractivity contribution in [3.05, 3.63) is 33.9 Å². The number of nitrogens with zero attached hydrogens (tertiary/aromatic N) is 4. The Bertz CT molecular complexity index is 513. The molecule has 0 unspecified atom stereocenters. The van der Waals surface area contributed by atoms with Gasteiger partial charge in [-0.15, -0.1) is 0 Å². The normalized spacial score (nSPS) is 10.5. The number of hydrogen-bond acceptors (Lipinski definition) is 4. The van der Waals surface area contributed by atoms with Crippen molar-refractivity contribution < 1.29 is 0 Å². The van der Waals surface area contributed by atoms with Gasteiger partial charge in [0.1, 0.15) is 5.82 Å². The molecule has 0 aromatic carbocycles. The highest BCUT2D eigenvalue weighted by atomic mass is 79.9. The number of aryl methyl sites for hydroxylation is 1. The molecule has 0 fully saturated rings. The Morgan fingerprint density at radius 3 is 3.06 bits per heavy atom. The Balaban J connectivity index is 1.91. The molecule has 2 aromatic heterocycles. The van der Waals surface area contributed by atoms with Gasteiger partial charge in [0, 0.05) is 32.4 Å². The zero-order valence-electron chi connectivity index (χ0n) is 9.19. The van der Waals surface area contributed by atoms with Gasteiger partial charge in [-0.25, -0.2) is 4.98 Å². The van der Waals surface area contributed by atoms with Crippen molar-refractivity contribution in [2.24, 2.45) is 7.05 Å². The fourth-order valence-corrected chi connectivity index (χ4v) is 1.84. The highest BCUT2D eigenvalue weighted by molar-refractivity contribution is 9.10. The standard InChI is InChI=1S/C10H11BrClN5/c1-17-5-3-7(16-17)2-4-13-9-8(11)6-14-10(12)15-9/h3,5-6H,2,4H2,1H3,(H,13,14,15). The number of halogens is 2. The van der Waals surface area contributed by atoms with Crippen LogP contribution in [0.2, 0.25) is 5.28 Å². The first-order chi connectivity index (χ1) is 8.15. The molecule has 0 aliphatic carbocycles. The van der Waals surface area contributed by atoms with Crippen LogP contribution in [0, 0.1) is 0 Å². The quantitative estimate of drug-likeness (QED) is 0.879. The minimum Gasteiger partial charge on any atom is -0.369 e. The Morgan fingerprint density at radius 1 is 1.53 bits per heavy atom. The Labute approximate surface area is 112 Å². The van der Waals surface area contributed by atoms with Crippen LogP contribution in [-0.2, 0) is 13.5 Å². The SMILES string of the molecule is Cn1ccc(CCNc2nc(Cl)ncc2Br)n1. The molecule has 2 rings (SSSR count).